The van der Waals surface area contributed by atoms with E-state index in [1.165, 1.54) is 27.9 Å². The zero-order valence-corrected chi connectivity index (χ0v) is 12.8. The lowest BCUT2D eigenvalue weighted by molar-refractivity contribution is 0.581. The fourth-order valence-electron chi connectivity index (χ4n) is 2.59. The van der Waals surface area contributed by atoms with E-state index in [2.05, 4.69) is 4.98 Å². The van der Waals surface area contributed by atoms with Crippen molar-refractivity contribution in [3.63, 3.8) is 0 Å². The van der Waals surface area contributed by atoms with Crippen LogP contribution in [0.4, 0.5) is 8.78 Å². The summed E-state index contributed by atoms with van der Waals surface area (Å²) < 4.78 is 28.6. The van der Waals surface area contributed by atoms with Crippen LogP contribution >= 0.6 is 11.3 Å². The van der Waals surface area contributed by atoms with Crippen molar-refractivity contribution in [3.05, 3.63) is 74.0 Å². The Morgan fingerprint density at radius 2 is 2.04 bits per heavy atom. The van der Waals surface area contributed by atoms with E-state index in [0.29, 0.717) is 9.49 Å². The molecule has 0 amide bonds. The maximum atomic E-state index is 13.8. The lowest BCUT2D eigenvalue weighted by Crippen LogP contribution is -2.22. The molecular formula is C17H10F2N2OS. The molecule has 0 spiro atoms. The van der Waals surface area contributed by atoms with Gasteiger partial charge in [0, 0.05) is 11.6 Å². The second-order valence-corrected chi connectivity index (χ2v) is 6.26. The van der Waals surface area contributed by atoms with Crippen molar-refractivity contribution >= 4 is 33.4 Å². The summed E-state index contributed by atoms with van der Waals surface area (Å²) in [7, 11) is 0. The van der Waals surface area contributed by atoms with Gasteiger partial charge in [-0.1, -0.05) is 23.5 Å². The molecule has 0 bridgehead atoms. The summed E-state index contributed by atoms with van der Waals surface area (Å²) in [4.78, 5) is 17.6. The predicted molar refractivity (Wildman–Crippen MR) is 86.7 cm³/mol. The molecule has 0 saturated carbocycles. The normalized spacial score (nSPS) is 12.6. The van der Waals surface area contributed by atoms with E-state index >= 15 is 0 Å². The highest BCUT2D eigenvalue weighted by atomic mass is 32.1. The Morgan fingerprint density at radius 3 is 2.83 bits per heavy atom. The van der Waals surface area contributed by atoms with Crippen LogP contribution in [0.15, 0.2) is 41.2 Å². The van der Waals surface area contributed by atoms with Gasteiger partial charge in [0.15, 0.2) is 4.96 Å². The van der Waals surface area contributed by atoms with E-state index in [-0.39, 0.29) is 11.1 Å². The Bertz CT molecular complexity index is 1180. The van der Waals surface area contributed by atoms with Gasteiger partial charge >= 0.3 is 0 Å². The van der Waals surface area contributed by atoms with E-state index in [4.69, 9.17) is 0 Å². The van der Waals surface area contributed by atoms with Crippen molar-refractivity contribution in [2.24, 2.45) is 0 Å². The maximum absolute atomic E-state index is 13.8. The van der Waals surface area contributed by atoms with Crippen molar-refractivity contribution < 1.29 is 8.78 Å². The van der Waals surface area contributed by atoms with Crippen LogP contribution in [0.3, 0.4) is 0 Å². The number of fused-ring (bicyclic) bond motifs is 3. The first-order valence-corrected chi connectivity index (χ1v) is 7.73. The van der Waals surface area contributed by atoms with Gasteiger partial charge in [-0.05, 0) is 36.8 Å². The monoisotopic (exact) mass is 328 g/mol. The first-order valence-electron chi connectivity index (χ1n) is 6.92. The van der Waals surface area contributed by atoms with Gasteiger partial charge in [-0.3, -0.25) is 4.79 Å². The van der Waals surface area contributed by atoms with Gasteiger partial charge in [-0.2, -0.15) is 0 Å². The largest absolute Gasteiger partial charge is 0.274 e. The molecule has 2 aromatic carbocycles. The van der Waals surface area contributed by atoms with Crippen molar-refractivity contribution in [1.29, 1.82) is 0 Å². The number of hydrogen-bond acceptors (Lipinski definition) is 3. The molecule has 2 heterocycles. The Hall–Kier alpha value is -2.60. The number of aryl methyl sites for hydroxylation is 1. The predicted octanol–water partition coefficient (Wildman–Crippen LogP) is 3.04. The Balaban J connectivity index is 2.02. The standard InChI is InChI=1S/C17H10F2N2OS/c1-9-3-2-4-13-15(9)20-17-21(13)16(22)14(23-17)7-10-5-6-11(18)8-12(10)19/h2-8H,1H3/b14-7+. The third-order valence-corrected chi connectivity index (χ3v) is 4.69. The zero-order chi connectivity index (χ0) is 16.1. The van der Waals surface area contributed by atoms with E-state index in [0.717, 1.165) is 28.7 Å². The van der Waals surface area contributed by atoms with Gasteiger partial charge < -0.3 is 0 Å². The molecule has 23 heavy (non-hydrogen) atoms. The smallest absolute Gasteiger partial charge is 0.267 e. The summed E-state index contributed by atoms with van der Waals surface area (Å²) in [5, 5.41) is 0. The summed E-state index contributed by atoms with van der Waals surface area (Å²) in [6, 6.07) is 8.91. The van der Waals surface area contributed by atoms with Gasteiger partial charge in [0.25, 0.3) is 5.56 Å². The van der Waals surface area contributed by atoms with Gasteiger partial charge in [0.1, 0.15) is 11.6 Å². The molecule has 0 unspecified atom stereocenters. The molecule has 0 aliphatic carbocycles. The van der Waals surface area contributed by atoms with E-state index in [9.17, 15) is 13.6 Å². The Morgan fingerprint density at radius 1 is 1.22 bits per heavy atom. The number of benzene rings is 2. The minimum absolute atomic E-state index is 0.175. The fourth-order valence-corrected chi connectivity index (χ4v) is 3.56. The second kappa shape index (κ2) is 4.96. The summed E-state index contributed by atoms with van der Waals surface area (Å²) in [6.45, 7) is 1.94. The van der Waals surface area contributed by atoms with Gasteiger partial charge in [-0.25, -0.2) is 18.2 Å². The van der Waals surface area contributed by atoms with Gasteiger partial charge in [0.05, 0.1) is 15.6 Å². The highest BCUT2D eigenvalue weighted by molar-refractivity contribution is 7.15. The minimum Gasteiger partial charge on any atom is -0.267 e. The highest BCUT2D eigenvalue weighted by Crippen LogP contribution is 2.19. The minimum atomic E-state index is -0.698. The number of aromatic nitrogens is 2. The van der Waals surface area contributed by atoms with Crippen molar-refractivity contribution in [2.75, 3.05) is 0 Å². The van der Waals surface area contributed by atoms with Gasteiger partial charge in [0.2, 0.25) is 0 Å². The molecule has 114 valence electrons. The maximum Gasteiger partial charge on any atom is 0.274 e. The van der Waals surface area contributed by atoms with Crippen LogP contribution in [0.5, 0.6) is 0 Å². The molecule has 0 radical (unpaired) electrons. The summed E-state index contributed by atoms with van der Waals surface area (Å²) >= 11 is 1.19. The van der Waals surface area contributed by atoms with Gasteiger partial charge in [-0.15, -0.1) is 0 Å². The molecule has 0 N–H and O–H groups in total. The molecule has 3 nitrogen and oxygen atoms in total. The van der Waals surface area contributed by atoms with Crippen LogP contribution < -0.4 is 10.1 Å². The number of rotatable bonds is 1. The average molecular weight is 328 g/mol. The molecule has 0 aliphatic heterocycles. The van der Waals surface area contributed by atoms with E-state index in [1.807, 2.05) is 25.1 Å². The third kappa shape index (κ3) is 2.14. The van der Waals surface area contributed by atoms with Crippen LogP contribution in [0.25, 0.3) is 22.1 Å². The van der Waals surface area contributed by atoms with Crippen molar-refractivity contribution in [2.45, 2.75) is 6.92 Å². The van der Waals surface area contributed by atoms with Crippen molar-refractivity contribution in [3.8, 4) is 0 Å². The number of nitrogens with zero attached hydrogens (tertiary/aromatic N) is 2. The summed E-state index contributed by atoms with van der Waals surface area (Å²) in [5.74, 6) is -1.35. The summed E-state index contributed by atoms with van der Waals surface area (Å²) in [5.41, 5.74) is 2.44. The van der Waals surface area contributed by atoms with E-state index < -0.39 is 11.6 Å². The molecule has 0 saturated heterocycles. The number of imidazole rings is 1. The molecule has 2 aromatic heterocycles. The number of hydrogen-bond donors (Lipinski definition) is 0. The molecule has 0 atom stereocenters. The van der Waals surface area contributed by atoms with E-state index in [1.54, 1.807) is 0 Å². The quantitative estimate of drug-likeness (QED) is 0.538. The Kier molecular flexibility index (Phi) is 3.02. The van der Waals surface area contributed by atoms with Crippen molar-refractivity contribution in [1.82, 2.24) is 9.38 Å². The topological polar surface area (TPSA) is 34.4 Å². The molecule has 0 fully saturated rings. The lowest BCUT2D eigenvalue weighted by atomic mass is 10.2. The lowest BCUT2D eigenvalue weighted by Gasteiger charge is -1.95. The van der Waals surface area contributed by atoms with Crippen LogP contribution in [0, 0.1) is 18.6 Å². The van der Waals surface area contributed by atoms with Crippen LogP contribution in [0.2, 0.25) is 0 Å². The summed E-state index contributed by atoms with van der Waals surface area (Å²) in [6.07, 6.45) is 1.43. The second-order valence-electron chi connectivity index (χ2n) is 5.25. The van der Waals surface area contributed by atoms with Crippen LogP contribution in [-0.4, -0.2) is 9.38 Å². The average Bonchev–Trinajstić information content (AvgIpc) is 3.01. The molecule has 6 heteroatoms. The fraction of sp³-hybridized carbons (Fsp3) is 0.0588. The number of para-hydroxylation sites is 1. The SMILES string of the molecule is Cc1cccc2c1nc1s/c(=C/c3ccc(F)cc3F)c(=O)n12. The van der Waals surface area contributed by atoms with Crippen LogP contribution in [-0.2, 0) is 0 Å². The molecule has 0 aliphatic rings. The highest BCUT2D eigenvalue weighted by Gasteiger charge is 2.12. The molecular weight excluding hydrogens is 318 g/mol. The third-order valence-electron chi connectivity index (χ3n) is 3.72. The molecule has 4 aromatic rings. The first-order chi connectivity index (χ1) is 11.0. The number of thiazole rings is 1. The molecule has 4 rings (SSSR count). The number of halogens is 2. The van der Waals surface area contributed by atoms with Crippen LogP contribution in [0.1, 0.15) is 11.1 Å². The Labute approximate surface area is 133 Å². The zero-order valence-electron chi connectivity index (χ0n) is 12.0. The first kappa shape index (κ1) is 14.0.